The van der Waals surface area contributed by atoms with Crippen LogP contribution in [0.2, 0.25) is 0 Å². The number of carbonyl (C=O) groups excluding carboxylic acids is 2. The highest BCUT2D eigenvalue weighted by Crippen LogP contribution is 1.80. The van der Waals surface area contributed by atoms with Crippen LogP contribution >= 0.6 is 0 Å². The monoisotopic (exact) mass is 159 g/mol. The van der Waals surface area contributed by atoms with Crippen molar-refractivity contribution >= 4 is 11.8 Å². The Morgan fingerprint density at radius 3 is 1.82 bits per heavy atom. The summed E-state index contributed by atoms with van der Waals surface area (Å²) in [5.41, 5.74) is 4.50. The van der Waals surface area contributed by atoms with Gasteiger partial charge in [-0.1, -0.05) is 0 Å². The second kappa shape index (κ2) is 5.67. The molecule has 5 heteroatoms. The number of nitrogens with two attached hydrogens (primary N) is 1. The van der Waals surface area contributed by atoms with Crippen LogP contribution in [0.1, 0.15) is 6.42 Å². The zero-order valence-corrected chi connectivity index (χ0v) is 6.52. The van der Waals surface area contributed by atoms with Crippen molar-refractivity contribution in [1.82, 2.24) is 10.6 Å². The van der Waals surface area contributed by atoms with Crippen molar-refractivity contribution < 1.29 is 9.59 Å². The lowest BCUT2D eigenvalue weighted by molar-refractivity contribution is -0.136. The van der Waals surface area contributed by atoms with Gasteiger partial charge in [0, 0.05) is 7.05 Å². The first-order valence-corrected chi connectivity index (χ1v) is 3.40. The summed E-state index contributed by atoms with van der Waals surface area (Å²) in [5, 5.41) is 5.16. The highest BCUT2D eigenvalue weighted by atomic mass is 16.2. The molecule has 5 nitrogen and oxygen atoms in total. The number of rotatable bonds is 0. The van der Waals surface area contributed by atoms with E-state index in [1.54, 1.807) is 0 Å². The van der Waals surface area contributed by atoms with Crippen molar-refractivity contribution in [1.29, 1.82) is 0 Å². The van der Waals surface area contributed by atoms with E-state index >= 15 is 0 Å². The first-order valence-electron chi connectivity index (χ1n) is 3.40. The Balaban J connectivity index is 0.000000207. The van der Waals surface area contributed by atoms with E-state index in [0.29, 0.717) is 0 Å². The van der Waals surface area contributed by atoms with Gasteiger partial charge in [-0.2, -0.15) is 0 Å². The molecule has 1 heterocycles. The fourth-order valence-corrected chi connectivity index (χ4v) is 0.300. The number of nitrogens with one attached hydrogen (secondary N) is 2. The highest BCUT2D eigenvalue weighted by molar-refractivity contribution is 6.34. The number of hydrogen-bond acceptors (Lipinski definition) is 3. The van der Waals surface area contributed by atoms with Crippen LogP contribution in [-0.2, 0) is 9.59 Å². The average Bonchev–Trinajstić information content (AvgIpc) is 1.82. The molecule has 1 fully saturated rings. The Hall–Kier alpha value is -1.10. The molecule has 64 valence electrons. The topological polar surface area (TPSA) is 84.2 Å². The minimum absolute atomic E-state index is 0.764. The minimum Gasteiger partial charge on any atom is -0.361 e. The van der Waals surface area contributed by atoms with Crippen LogP contribution in [0.4, 0.5) is 0 Å². The Bertz CT molecular complexity index is 139. The first-order chi connectivity index (χ1) is 5.18. The molecule has 0 spiro atoms. The average molecular weight is 159 g/mol. The number of primary amides is 1. The molecular weight excluding hydrogens is 146 g/mol. The Kier molecular flexibility index (Phi) is 5.10. The van der Waals surface area contributed by atoms with Gasteiger partial charge in [0.05, 0.1) is 0 Å². The zero-order valence-electron chi connectivity index (χ0n) is 6.52. The van der Waals surface area contributed by atoms with Crippen molar-refractivity contribution in [2.24, 2.45) is 5.73 Å². The van der Waals surface area contributed by atoms with Crippen molar-refractivity contribution in [2.75, 3.05) is 20.1 Å². The third-order valence-corrected chi connectivity index (χ3v) is 1.16. The predicted molar refractivity (Wildman–Crippen MR) is 40.7 cm³/mol. The maximum atomic E-state index is 9.93. The smallest absolute Gasteiger partial charge is 0.308 e. The molecule has 0 aliphatic carbocycles. The second-order valence-electron chi connectivity index (χ2n) is 2.05. The number of likely N-dealkylation sites (N-methyl/N-ethyl adjacent to an activating group) is 1. The van der Waals surface area contributed by atoms with Gasteiger partial charge >= 0.3 is 11.8 Å². The maximum Gasteiger partial charge on any atom is 0.308 e. The van der Waals surface area contributed by atoms with E-state index in [1.807, 2.05) is 0 Å². The van der Waals surface area contributed by atoms with Gasteiger partial charge in [0.2, 0.25) is 0 Å². The van der Waals surface area contributed by atoms with Crippen LogP contribution in [0.25, 0.3) is 0 Å². The fourth-order valence-electron chi connectivity index (χ4n) is 0.300. The van der Waals surface area contributed by atoms with E-state index in [-0.39, 0.29) is 0 Å². The van der Waals surface area contributed by atoms with Crippen LogP contribution in [-0.4, -0.2) is 32.0 Å². The molecule has 1 rings (SSSR count). The predicted octanol–water partition coefficient (Wildman–Crippen LogP) is -1.80. The Morgan fingerprint density at radius 1 is 1.45 bits per heavy atom. The normalized spacial score (nSPS) is 13.5. The van der Waals surface area contributed by atoms with Gasteiger partial charge in [-0.3, -0.25) is 9.59 Å². The molecule has 0 aromatic carbocycles. The van der Waals surface area contributed by atoms with Crippen molar-refractivity contribution in [3.05, 3.63) is 0 Å². The van der Waals surface area contributed by atoms with Gasteiger partial charge in [0.25, 0.3) is 0 Å². The van der Waals surface area contributed by atoms with E-state index < -0.39 is 11.8 Å². The van der Waals surface area contributed by atoms with Gasteiger partial charge in [0.1, 0.15) is 0 Å². The van der Waals surface area contributed by atoms with Crippen LogP contribution in [0.5, 0.6) is 0 Å². The summed E-state index contributed by atoms with van der Waals surface area (Å²) in [6, 6.07) is 0. The second-order valence-corrected chi connectivity index (χ2v) is 2.05. The Morgan fingerprint density at radius 2 is 1.82 bits per heavy atom. The minimum atomic E-state index is -0.956. The number of amides is 2. The molecule has 4 N–H and O–H groups in total. The van der Waals surface area contributed by atoms with Crippen LogP contribution in [0, 0.1) is 0 Å². The van der Waals surface area contributed by atoms with Crippen molar-refractivity contribution in [3.8, 4) is 0 Å². The summed E-state index contributed by atoms with van der Waals surface area (Å²) >= 11 is 0. The summed E-state index contributed by atoms with van der Waals surface area (Å²) in [4.78, 5) is 19.7. The van der Waals surface area contributed by atoms with Crippen LogP contribution in [0.3, 0.4) is 0 Å². The lowest BCUT2D eigenvalue weighted by Crippen LogP contribution is -2.33. The molecule has 1 saturated heterocycles. The lowest BCUT2D eigenvalue weighted by Gasteiger charge is -2.09. The summed E-state index contributed by atoms with van der Waals surface area (Å²) < 4.78 is 0. The maximum absolute atomic E-state index is 9.93. The third-order valence-electron chi connectivity index (χ3n) is 1.16. The molecule has 0 atom stereocenters. The van der Waals surface area contributed by atoms with Gasteiger partial charge in [0.15, 0.2) is 0 Å². The molecule has 1 aliphatic heterocycles. The molecule has 0 aromatic rings. The summed E-state index contributed by atoms with van der Waals surface area (Å²) in [5.74, 6) is -1.72. The Labute approximate surface area is 65.3 Å². The lowest BCUT2D eigenvalue weighted by atomic mass is 10.3. The standard InChI is InChI=1S/C3H6N2O2.C3H7N/c1-5-3(7)2(4)6;1-2-4-3-1/h1H3,(H2,4,6)(H,5,7);4H,1-3H2. The third kappa shape index (κ3) is 5.35. The first kappa shape index (κ1) is 9.90. The molecule has 0 unspecified atom stereocenters. The van der Waals surface area contributed by atoms with Crippen LogP contribution in [0.15, 0.2) is 0 Å². The molecule has 11 heavy (non-hydrogen) atoms. The quantitative estimate of drug-likeness (QED) is 0.364. The van der Waals surface area contributed by atoms with E-state index in [1.165, 1.54) is 26.6 Å². The molecule has 2 amide bonds. The molecule has 0 bridgehead atoms. The SMILES string of the molecule is C1CNC1.CNC(=O)C(N)=O. The van der Waals surface area contributed by atoms with Gasteiger partial charge in [-0.05, 0) is 19.5 Å². The molecule has 0 radical (unpaired) electrons. The van der Waals surface area contributed by atoms with Crippen molar-refractivity contribution in [3.63, 3.8) is 0 Å². The molecular formula is C6H13N3O2. The van der Waals surface area contributed by atoms with Crippen molar-refractivity contribution in [2.45, 2.75) is 6.42 Å². The highest BCUT2D eigenvalue weighted by Gasteiger charge is 2.01. The number of carbonyl (C=O) groups is 2. The fraction of sp³-hybridized carbons (Fsp3) is 0.667. The summed E-state index contributed by atoms with van der Waals surface area (Å²) in [6.45, 7) is 2.50. The molecule has 0 aromatic heterocycles. The van der Waals surface area contributed by atoms with Gasteiger partial charge < -0.3 is 16.4 Å². The largest absolute Gasteiger partial charge is 0.361 e. The zero-order chi connectivity index (χ0) is 8.69. The molecule has 1 aliphatic rings. The van der Waals surface area contributed by atoms with E-state index in [2.05, 4.69) is 16.4 Å². The van der Waals surface area contributed by atoms with E-state index in [9.17, 15) is 9.59 Å². The van der Waals surface area contributed by atoms with Gasteiger partial charge in [-0.25, -0.2) is 0 Å². The van der Waals surface area contributed by atoms with Gasteiger partial charge in [-0.15, -0.1) is 0 Å². The summed E-state index contributed by atoms with van der Waals surface area (Å²) in [6.07, 6.45) is 1.39. The number of hydrogen-bond donors (Lipinski definition) is 3. The van der Waals surface area contributed by atoms with E-state index in [0.717, 1.165) is 0 Å². The van der Waals surface area contributed by atoms with Crippen LogP contribution < -0.4 is 16.4 Å². The molecule has 0 saturated carbocycles. The van der Waals surface area contributed by atoms with E-state index in [4.69, 9.17) is 0 Å². The summed E-state index contributed by atoms with van der Waals surface area (Å²) in [7, 11) is 1.34.